The summed E-state index contributed by atoms with van der Waals surface area (Å²) in [5.41, 5.74) is 7.39. The van der Waals surface area contributed by atoms with E-state index in [2.05, 4.69) is 84.8 Å². The minimum absolute atomic E-state index is 0. The largest absolute Gasteiger partial charge is 1.00 e. The second kappa shape index (κ2) is 94.3. The van der Waals surface area contributed by atoms with Gasteiger partial charge < -0.3 is 115 Å². The molecule has 113 heavy (non-hydrogen) atoms. The van der Waals surface area contributed by atoms with Crippen molar-refractivity contribution in [3.05, 3.63) is 0 Å². The summed E-state index contributed by atoms with van der Waals surface area (Å²) in [6.07, 6.45) is 0. The zero-order valence-electron chi connectivity index (χ0n) is 67.9. The van der Waals surface area contributed by atoms with Crippen molar-refractivity contribution >= 4 is 102 Å². The Morgan fingerprint density at radius 2 is 0.850 bits per heavy atom. The van der Waals surface area contributed by atoms with Gasteiger partial charge in [-0.25, -0.2) is 0 Å². The van der Waals surface area contributed by atoms with E-state index in [1.165, 1.54) is 6.92 Å². The Balaban J connectivity index is -0.0000000387. The number of ketones is 2. The van der Waals surface area contributed by atoms with Crippen LogP contribution in [0, 0.1) is 40.4 Å². The number of amides is 1. The minimum atomic E-state index is -1.80. The normalized spacial score (nSPS) is 15.1. The molecule has 0 aromatic rings. The standard InChI is InChI=1S/C11H18O5.C9H17NO3.C9H19NO2.C9H16O4.C8H14O5.C6H13Br2N.C6H17N3.C5H12O2.C2H7N.CH3O.12CH4.Al.BrH.Li.Na.4H/c1-5-14-9(13)11(8(2)12)6-15-10(3,4)16-7-11;1-9(2)12-5-7(6-13-9)8(11)10(3)4;1-9(2)11-6-8(7-12-9)5-10(3)4;1-4-11-8(10)7-5-12-9(2,3)13-6-7;1-3-13-7(12)8(4-9,5-10)6(2)11;2*1-9(2)5-6(3-7)4-8;1-5(2,4-6)7-3;1-3-2;1-2;;;;;;;;;;;;;;;;;;;;/h5-7H2,1-4H3;7H,5-6H2,1-4H3;8H,5-7H2,1-4H3;7H,4-6H2,1-3H3;9-10H,3-5H2,1-2H3;6H,3-5H2,1-2H3;6H,3-5,7-8H2,1-2H3;6H,4H2,1-3H3;3H,1-2H3;1H3;12*1H4;;1H;;;;;;/q;;;;;;;;;-1;;;;;;;;;;;;;;;2*+1;;;;-1. The third kappa shape index (κ3) is 84.1. The summed E-state index contributed by atoms with van der Waals surface area (Å²) in [5, 5.41) is 39.4. The van der Waals surface area contributed by atoms with Crippen LogP contribution in [-0.4, -0.2) is 337 Å². The third-order valence-electron chi connectivity index (χ3n) is 13.7. The van der Waals surface area contributed by atoms with Gasteiger partial charge in [-0.3, -0.25) is 28.8 Å². The summed E-state index contributed by atoms with van der Waals surface area (Å²) >= 11 is 6.90. The Labute approximate surface area is 770 Å². The molecule has 0 bridgehead atoms. The van der Waals surface area contributed by atoms with Crippen LogP contribution >= 0.6 is 48.8 Å². The monoisotopic (exact) mass is 1870 g/mol. The molecule has 4 rings (SSSR count). The van der Waals surface area contributed by atoms with E-state index in [0.717, 1.165) is 63.5 Å². The van der Waals surface area contributed by atoms with Gasteiger partial charge in [0.25, 0.3) is 0 Å². The number of aliphatic hydroxyl groups is 3. The van der Waals surface area contributed by atoms with E-state index in [4.69, 9.17) is 84.0 Å². The van der Waals surface area contributed by atoms with Crippen molar-refractivity contribution in [1.29, 1.82) is 0 Å². The molecular formula is C78H189AlBr3LiN7NaO22. The SMILES string of the molecule is Br.C.C.C.C.C.C.C.C.C.C.C.C.CCOC(=O)C(CO)(CO)C(C)=O.CCOC(=O)C1(C(C)=O)COC(C)(C)OC1.CCOC(=O)C1COC(C)(C)OC1.CN(C)C(=O)C1COC(C)(C)OC1.CN(C)CC(CBr)CBr.CN(C)CC(CN)CN.CN(C)CC1COC(C)(C)OC1.CNC.COC(C)(C)CO.C[O-].[AlH3].[H-].[Li+].[Na+]. The van der Waals surface area contributed by atoms with Gasteiger partial charge in [-0.15, -0.1) is 17.0 Å². The van der Waals surface area contributed by atoms with Crippen molar-refractivity contribution in [3.8, 4) is 0 Å². The first kappa shape index (κ1) is 171. The first-order valence-electron chi connectivity index (χ1n) is 32.5. The van der Waals surface area contributed by atoms with Gasteiger partial charge in [-0.05, 0) is 185 Å². The van der Waals surface area contributed by atoms with E-state index in [1.54, 1.807) is 60.7 Å². The fraction of sp³-hybridized carbons (Fsp3) is 0.923. The number of methoxy groups -OCH3 is 1. The number of alkyl halides is 2. The predicted octanol–water partition coefficient (Wildman–Crippen LogP) is 3.79. The molecule has 4 aliphatic rings. The topological polar surface area (TPSA) is 374 Å². The van der Waals surface area contributed by atoms with Crippen LogP contribution in [0.25, 0.3) is 0 Å². The van der Waals surface area contributed by atoms with E-state index >= 15 is 0 Å². The number of rotatable bonds is 23. The van der Waals surface area contributed by atoms with Crippen LogP contribution in [0.5, 0.6) is 0 Å². The number of carbonyl (C=O) groups excluding carboxylic acids is 6. The number of nitrogens with two attached hydrogens (primary N) is 2. The van der Waals surface area contributed by atoms with Crippen molar-refractivity contribution in [2.24, 2.45) is 51.9 Å². The average molecular weight is 1870 g/mol. The zero-order valence-corrected chi connectivity index (χ0v) is 73.8. The molecule has 8 N–H and O–H groups in total. The van der Waals surface area contributed by atoms with Crippen molar-refractivity contribution in [2.45, 2.75) is 222 Å². The number of nitrogens with zero attached hydrogens (tertiary/aromatic N) is 4. The smallest absolute Gasteiger partial charge is 1.00 e. The molecule has 0 spiro atoms. The van der Waals surface area contributed by atoms with Gasteiger partial charge in [0.15, 0.2) is 62.9 Å². The van der Waals surface area contributed by atoms with E-state index in [0.29, 0.717) is 58.0 Å². The molecule has 0 atom stereocenters. The number of esters is 3. The maximum atomic E-state index is 11.8. The Hall–Kier alpha value is 0.0299. The fourth-order valence-electron chi connectivity index (χ4n) is 7.34. The second-order valence-corrected chi connectivity index (χ2v) is 27.5. The molecule has 35 heteroatoms. The maximum absolute atomic E-state index is 11.8. The summed E-state index contributed by atoms with van der Waals surface area (Å²) in [6.45, 7) is 33.1. The number of nitrogens with one attached hydrogen (secondary N) is 1. The van der Waals surface area contributed by atoms with Gasteiger partial charge in [0, 0.05) is 57.4 Å². The molecule has 29 nitrogen and oxygen atoms in total. The molecule has 4 fully saturated rings. The van der Waals surface area contributed by atoms with Gasteiger partial charge in [0.2, 0.25) is 5.91 Å². The number of hydrogen-bond acceptors (Lipinski definition) is 28. The molecule has 0 radical (unpaired) electrons. The quantitative estimate of drug-likeness (QED) is 0.0279. The average Bonchev–Trinajstić information content (AvgIpc) is 0.787. The van der Waals surface area contributed by atoms with Gasteiger partial charge in [0.05, 0.1) is 104 Å². The molecular weight excluding hydrogens is 1680 g/mol. The van der Waals surface area contributed by atoms with Gasteiger partial charge >= 0.3 is 66.3 Å². The molecule has 0 saturated carbocycles. The van der Waals surface area contributed by atoms with Crippen molar-refractivity contribution in [2.75, 3.05) is 221 Å². The number of hydrogen-bond donors (Lipinski definition) is 6. The van der Waals surface area contributed by atoms with Gasteiger partial charge in [-0.1, -0.05) is 121 Å². The summed E-state index contributed by atoms with van der Waals surface area (Å²) in [7, 11) is 21.9. The van der Waals surface area contributed by atoms with Crippen LogP contribution in [0.3, 0.4) is 0 Å². The predicted molar refractivity (Wildman–Crippen MR) is 483 cm³/mol. The Kier molecular flexibility index (Phi) is 143. The molecule has 0 unspecified atom stereocenters. The summed E-state index contributed by atoms with van der Waals surface area (Å²) in [4.78, 5) is 76.3. The fourth-order valence-corrected chi connectivity index (χ4v) is 8.83. The minimum Gasteiger partial charge on any atom is -1.00 e. The van der Waals surface area contributed by atoms with Crippen LogP contribution in [0.2, 0.25) is 0 Å². The molecule has 0 aliphatic carbocycles. The Morgan fingerprint density at radius 3 is 1.06 bits per heavy atom. The van der Waals surface area contributed by atoms with Gasteiger partial charge in [-0.2, -0.15) is 7.11 Å². The molecule has 4 heterocycles. The number of carbonyl (C=O) groups is 6. The Bertz CT molecular complexity index is 2010. The number of aliphatic hydroxyl groups excluding tert-OH is 3. The number of Topliss-reactive ketones (excluding diaryl/α,β-unsaturated/α-hetero) is 2. The van der Waals surface area contributed by atoms with E-state index in [9.17, 15) is 28.8 Å². The van der Waals surface area contributed by atoms with E-state index < -0.39 is 59.1 Å². The van der Waals surface area contributed by atoms with Crippen LogP contribution < -0.4 is 70.3 Å². The van der Waals surface area contributed by atoms with Crippen molar-refractivity contribution in [1.82, 2.24) is 24.9 Å². The molecule has 694 valence electrons. The summed E-state index contributed by atoms with van der Waals surface area (Å²) in [5.74, 6) is -3.46. The van der Waals surface area contributed by atoms with E-state index in [1.807, 2.05) is 83.6 Å². The summed E-state index contributed by atoms with van der Waals surface area (Å²) in [6, 6.07) is 0. The van der Waals surface area contributed by atoms with Crippen LogP contribution in [0.4, 0.5) is 0 Å². The second-order valence-electron chi connectivity index (χ2n) is 26.2. The Morgan fingerprint density at radius 1 is 0.549 bits per heavy atom. The van der Waals surface area contributed by atoms with Crippen LogP contribution in [-0.2, 0) is 85.6 Å². The first-order chi connectivity index (χ1) is 44.8. The maximum Gasteiger partial charge on any atom is 1.00 e. The van der Waals surface area contributed by atoms with Crippen molar-refractivity contribution < 1.29 is 156 Å². The van der Waals surface area contributed by atoms with Crippen LogP contribution in [0.15, 0.2) is 0 Å². The number of halogens is 3. The molecule has 0 aromatic heterocycles. The van der Waals surface area contributed by atoms with Gasteiger partial charge in [0.1, 0.15) is 5.92 Å². The zero-order chi connectivity index (χ0) is 77.2. The molecule has 4 saturated heterocycles. The van der Waals surface area contributed by atoms with Crippen LogP contribution in [0.1, 0.15) is 194 Å². The van der Waals surface area contributed by atoms with E-state index in [-0.39, 0.29) is 247 Å². The third-order valence-corrected chi connectivity index (χ3v) is 15.6. The number of ether oxygens (including phenoxy) is 12. The molecule has 0 aromatic carbocycles. The molecule has 1 amide bonds. The first-order valence-corrected chi connectivity index (χ1v) is 34.7. The summed E-state index contributed by atoms with van der Waals surface area (Å²) < 4.78 is 62.3. The van der Waals surface area contributed by atoms with Crippen molar-refractivity contribution in [3.63, 3.8) is 0 Å². The molecule has 4 aliphatic heterocycles.